The highest BCUT2D eigenvalue weighted by Gasteiger charge is 2.55. The Kier molecular flexibility index (Phi) is 2.96. The van der Waals surface area contributed by atoms with E-state index in [0.717, 1.165) is 30.1 Å². The molecule has 0 amide bonds. The largest absolute Gasteiger partial charge is 0.0909 e. The molecule has 2 heteroatoms. The van der Waals surface area contributed by atoms with Crippen molar-refractivity contribution in [1.29, 1.82) is 0 Å². The van der Waals surface area contributed by atoms with Crippen molar-refractivity contribution >= 4 is 15.7 Å². The molecule has 18 heavy (non-hydrogen) atoms. The van der Waals surface area contributed by atoms with Gasteiger partial charge in [-0.1, -0.05) is 32.4 Å². The predicted octanol–water partition coefficient (Wildman–Crippen LogP) is 3.95. The van der Waals surface area contributed by atoms with Crippen molar-refractivity contribution in [2.75, 3.05) is 0 Å². The monoisotopic (exact) mass is 240 g/mol. The van der Waals surface area contributed by atoms with E-state index in [1.165, 1.54) is 32.1 Å². The van der Waals surface area contributed by atoms with Crippen molar-refractivity contribution in [3.8, 4) is 0 Å². The van der Waals surface area contributed by atoms with E-state index in [0.29, 0.717) is 5.92 Å². The van der Waals surface area contributed by atoms with Gasteiger partial charge in [-0.05, 0) is 67.1 Å². The van der Waals surface area contributed by atoms with Gasteiger partial charge in [0.2, 0.25) is 0 Å². The molecule has 4 saturated carbocycles. The third-order valence-corrected chi connectivity index (χ3v) is 6.83. The SMILES string of the molecule is [B]C([B])(C1C2CC3CC(C2)CC1C3)C(C)(C)CC. The summed E-state index contributed by atoms with van der Waals surface area (Å²) in [7, 11) is 13.4. The summed E-state index contributed by atoms with van der Waals surface area (Å²) in [6.07, 6.45) is 8.21. The number of rotatable bonds is 3. The van der Waals surface area contributed by atoms with Crippen LogP contribution >= 0.6 is 0 Å². The Morgan fingerprint density at radius 3 is 1.72 bits per heavy atom. The molecule has 4 aliphatic carbocycles. The van der Waals surface area contributed by atoms with Crippen LogP contribution in [-0.4, -0.2) is 15.7 Å². The Hall–Kier alpha value is 0.130. The highest BCUT2D eigenvalue weighted by Crippen LogP contribution is 2.65. The van der Waals surface area contributed by atoms with Crippen molar-refractivity contribution in [2.45, 2.75) is 64.5 Å². The van der Waals surface area contributed by atoms with Crippen molar-refractivity contribution in [3.05, 3.63) is 0 Å². The Labute approximate surface area is 115 Å². The molecule has 0 atom stereocenters. The normalized spacial score (nSPS) is 43.4. The molecule has 4 radical (unpaired) electrons. The van der Waals surface area contributed by atoms with E-state index in [9.17, 15) is 0 Å². The molecule has 96 valence electrons. The van der Waals surface area contributed by atoms with E-state index in [-0.39, 0.29) is 5.41 Å². The lowest BCUT2D eigenvalue weighted by Crippen LogP contribution is -2.53. The molecule has 0 aromatic heterocycles. The molecule has 0 nitrogen and oxygen atoms in total. The molecule has 4 bridgehead atoms. The average Bonchev–Trinajstić information content (AvgIpc) is 2.26. The summed E-state index contributed by atoms with van der Waals surface area (Å²) in [5.74, 6) is 4.22. The van der Waals surface area contributed by atoms with Crippen molar-refractivity contribution in [2.24, 2.45) is 35.0 Å². The summed E-state index contributed by atoms with van der Waals surface area (Å²) in [6.45, 7) is 6.75. The zero-order chi connectivity index (χ0) is 13.1. The topological polar surface area (TPSA) is 0 Å². The van der Waals surface area contributed by atoms with E-state index < -0.39 is 5.21 Å². The first-order chi connectivity index (χ1) is 8.35. The molecular formula is C16H26B2. The fraction of sp³-hybridized carbons (Fsp3) is 1.00. The van der Waals surface area contributed by atoms with Gasteiger partial charge in [0, 0.05) is 0 Å². The molecule has 0 spiro atoms. The summed E-state index contributed by atoms with van der Waals surface area (Å²) in [5, 5.41) is -0.482. The van der Waals surface area contributed by atoms with Crippen molar-refractivity contribution in [1.82, 2.24) is 0 Å². The first kappa shape index (κ1) is 13.1. The van der Waals surface area contributed by atoms with Gasteiger partial charge >= 0.3 is 0 Å². The van der Waals surface area contributed by atoms with Crippen molar-refractivity contribution in [3.63, 3.8) is 0 Å². The molecule has 0 unspecified atom stereocenters. The Bertz CT molecular complexity index is 304. The van der Waals surface area contributed by atoms with E-state index in [2.05, 4.69) is 20.8 Å². The zero-order valence-electron chi connectivity index (χ0n) is 12.3. The number of hydrogen-bond acceptors (Lipinski definition) is 0. The molecule has 0 aromatic carbocycles. The van der Waals surface area contributed by atoms with Crippen molar-refractivity contribution < 1.29 is 0 Å². The molecular weight excluding hydrogens is 214 g/mol. The molecule has 0 heterocycles. The van der Waals surface area contributed by atoms with Crippen LogP contribution in [0.2, 0.25) is 5.21 Å². The summed E-state index contributed by atoms with van der Waals surface area (Å²) in [6, 6.07) is 0. The molecule has 4 fully saturated rings. The summed E-state index contributed by atoms with van der Waals surface area (Å²) < 4.78 is 0. The second-order valence-corrected chi connectivity index (χ2v) is 8.13. The van der Waals surface area contributed by atoms with E-state index in [1.807, 2.05) is 0 Å². The first-order valence-electron chi connectivity index (χ1n) is 7.93. The highest BCUT2D eigenvalue weighted by molar-refractivity contribution is 6.40. The van der Waals surface area contributed by atoms with Crippen LogP contribution in [0, 0.1) is 35.0 Å². The van der Waals surface area contributed by atoms with Gasteiger partial charge in [0.15, 0.2) is 0 Å². The summed E-state index contributed by atoms with van der Waals surface area (Å²) in [4.78, 5) is 0. The van der Waals surface area contributed by atoms with Crippen LogP contribution in [0.15, 0.2) is 0 Å². The van der Waals surface area contributed by atoms with E-state index >= 15 is 0 Å². The van der Waals surface area contributed by atoms with Gasteiger partial charge in [0.1, 0.15) is 0 Å². The standard InChI is InChI=1S/C16H26B2/c1-4-15(2,3)16(17,18)14-12-6-10-5-11(8-12)9-13(14)7-10/h10-14H,4-9H2,1-3H3. The van der Waals surface area contributed by atoms with Gasteiger partial charge in [-0.25, -0.2) is 0 Å². The zero-order valence-corrected chi connectivity index (χ0v) is 12.3. The van der Waals surface area contributed by atoms with Gasteiger partial charge in [0.05, 0.1) is 15.7 Å². The van der Waals surface area contributed by atoms with Gasteiger partial charge in [0.25, 0.3) is 0 Å². The third kappa shape index (κ3) is 1.74. The summed E-state index contributed by atoms with van der Waals surface area (Å²) in [5.41, 5.74) is 0.0486. The van der Waals surface area contributed by atoms with E-state index in [1.54, 1.807) is 0 Å². The Morgan fingerprint density at radius 2 is 1.33 bits per heavy atom. The first-order valence-corrected chi connectivity index (χ1v) is 7.93. The lowest BCUT2D eigenvalue weighted by atomic mass is 9.31. The maximum absolute atomic E-state index is 6.71. The molecule has 0 N–H and O–H groups in total. The van der Waals surface area contributed by atoms with Gasteiger partial charge in [-0.3, -0.25) is 0 Å². The Balaban J connectivity index is 1.88. The lowest BCUT2D eigenvalue weighted by molar-refractivity contribution is -0.0607. The highest BCUT2D eigenvalue weighted by atomic mass is 14.6. The number of hydrogen-bond donors (Lipinski definition) is 0. The van der Waals surface area contributed by atoms with Crippen LogP contribution in [0.3, 0.4) is 0 Å². The molecule has 0 aliphatic heterocycles. The van der Waals surface area contributed by atoms with Gasteiger partial charge in [-0.15, -0.1) is 0 Å². The molecule has 0 saturated heterocycles. The summed E-state index contributed by atoms with van der Waals surface area (Å²) >= 11 is 0. The second-order valence-electron chi connectivity index (χ2n) is 8.13. The van der Waals surface area contributed by atoms with Crippen LogP contribution in [0.5, 0.6) is 0 Å². The van der Waals surface area contributed by atoms with Crippen LogP contribution in [0.4, 0.5) is 0 Å². The molecule has 4 aliphatic rings. The van der Waals surface area contributed by atoms with Crippen LogP contribution in [0.25, 0.3) is 0 Å². The van der Waals surface area contributed by atoms with Crippen LogP contribution in [0.1, 0.15) is 59.3 Å². The fourth-order valence-electron chi connectivity index (χ4n) is 5.46. The minimum Gasteiger partial charge on any atom is -0.0909 e. The molecule has 0 aromatic rings. The Morgan fingerprint density at radius 1 is 0.889 bits per heavy atom. The van der Waals surface area contributed by atoms with E-state index in [4.69, 9.17) is 15.7 Å². The van der Waals surface area contributed by atoms with Crippen LogP contribution < -0.4 is 0 Å². The minimum atomic E-state index is -0.482. The fourth-order valence-corrected chi connectivity index (χ4v) is 5.46. The second kappa shape index (κ2) is 4.06. The smallest absolute Gasteiger partial charge is 0.0631 e. The van der Waals surface area contributed by atoms with Gasteiger partial charge in [-0.2, -0.15) is 0 Å². The minimum absolute atomic E-state index is 0.0486. The molecule has 4 rings (SSSR count). The predicted molar refractivity (Wildman–Crippen MR) is 78.8 cm³/mol. The third-order valence-electron chi connectivity index (χ3n) is 6.83. The average molecular weight is 240 g/mol. The maximum Gasteiger partial charge on any atom is 0.0631 e. The van der Waals surface area contributed by atoms with Crippen LogP contribution in [-0.2, 0) is 0 Å². The maximum atomic E-state index is 6.71. The lowest BCUT2D eigenvalue weighted by Gasteiger charge is -2.62. The quantitative estimate of drug-likeness (QED) is 0.655. The van der Waals surface area contributed by atoms with Gasteiger partial charge < -0.3 is 0 Å².